The summed E-state index contributed by atoms with van der Waals surface area (Å²) in [5.41, 5.74) is 2.40. The Morgan fingerprint density at radius 3 is 2.63 bits per heavy atom. The number of rotatable bonds is 4. The Balaban J connectivity index is 2.05. The van der Waals surface area contributed by atoms with E-state index in [0.717, 1.165) is 36.3 Å². The van der Waals surface area contributed by atoms with E-state index in [-0.39, 0.29) is 0 Å². The monoisotopic (exact) mass is 255 g/mol. The second-order valence-electron chi connectivity index (χ2n) is 4.99. The zero-order chi connectivity index (χ0) is 13.2. The van der Waals surface area contributed by atoms with Gasteiger partial charge in [-0.25, -0.2) is 4.68 Å². The van der Waals surface area contributed by atoms with Crippen LogP contribution in [0.5, 0.6) is 0 Å². The van der Waals surface area contributed by atoms with Crippen molar-refractivity contribution < 1.29 is 4.79 Å². The average molecular weight is 255 g/mol. The first-order valence-corrected chi connectivity index (χ1v) is 6.66. The van der Waals surface area contributed by atoms with Crippen molar-refractivity contribution in [3.05, 3.63) is 41.6 Å². The lowest BCUT2D eigenvalue weighted by Crippen LogP contribution is -2.28. The van der Waals surface area contributed by atoms with Gasteiger partial charge in [-0.1, -0.05) is 18.2 Å². The zero-order valence-corrected chi connectivity index (χ0v) is 11.0. The van der Waals surface area contributed by atoms with Gasteiger partial charge in [-0.15, -0.1) is 0 Å². The van der Waals surface area contributed by atoms with Crippen molar-refractivity contribution in [1.29, 1.82) is 0 Å². The SMILES string of the molecule is Cc1nn(-c2ccccc2)c(NC2CCC2)c1C=O. The second-order valence-corrected chi connectivity index (χ2v) is 4.99. The van der Waals surface area contributed by atoms with Crippen LogP contribution in [0, 0.1) is 6.92 Å². The van der Waals surface area contributed by atoms with E-state index in [9.17, 15) is 4.79 Å². The van der Waals surface area contributed by atoms with E-state index in [1.165, 1.54) is 6.42 Å². The number of carbonyl (C=O) groups excluding carboxylic acids is 1. The van der Waals surface area contributed by atoms with Crippen LogP contribution in [0.2, 0.25) is 0 Å². The fourth-order valence-electron chi connectivity index (χ4n) is 2.32. The molecule has 4 nitrogen and oxygen atoms in total. The van der Waals surface area contributed by atoms with Gasteiger partial charge in [-0.3, -0.25) is 4.79 Å². The van der Waals surface area contributed by atoms with Gasteiger partial charge in [0.05, 0.1) is 16.9 Å². The third-order valence-corrected chi connectivity index (χ3v) is 3.67. The van der Waals surface area contributed by atoms with E-state index < -0.39 is 0 Å². The number of carbonyl (C=O) groups is 1. The number of anilines is 1. The van der Waals surface area contributed by atoms with E-state index in [1.807, 2.05) is 41.9 Å². The first-order valence-electron chi connectivity index (χ1n) is 6.66. The molecule has 1 aliphatic rings. The van der Waals surface area contributed by atoms with Crippen LogP contribution in [0.3, 0.4) is 0 Å². The number of hydrogen-bond acceptors (Lipinski definition) is 3. The summed E-state index contributed by atoms with van der Waals surface area (Å²) in [5, 5.41) is 7.94. The topological polar surface area (TPSA) is 46.9 Å². The van der Waals surface area contributed by atoms with Gasteiger partial charge in [-0.05, 0) is 38.3 Å². The highest BCUT2D eigenvalue weighted by Gasteiger charge is 2.22. The molecule has 1 aromatic carbocycles. The largest absolute Gasteiger partial charge is 0.367 e. The van der Waals surface area contributed by atoms with Crippen LogP contribution in [0.1, 0.15) is 35.3 Å². The number of hydrogen-bond donors (Lipinski definition) is 1. The van der Waals surface area contributed by atoms with Crippen LogP contribution in [0.4, 0.5) is 5.82 Å². The summed E-state index contributed by atoms with van der Waals surface area (Å²) in [7, 11) is 0. The molecule has 19 heavy (non-hydrogen) atoms. The van der Waals surface area contributed by atoms with Crippen molar-refractivity contribution in [2.24, 2.45) is 0 Å². The molecule has 1 fully saturated rings. The molecule has 0 bridgehead atoms. The van der Waals surface area contributed by atoms with E-state index in [1.54, 1.807) is 0 Å². The highest BCUT2D eigenvalue weighted by atomic mass is 16.1. The van der Waals surface area contributed by atoms with Crippen molar-refractivity contribution >= 4 is 12.1 Å². The van der Waals surface area contributed by atoms with Gasteiger partial charge in [0.1, 0.15) is 5.82 Å². The minimum atomic E-state index is 0.470. The Hall–Kier alpha value is -2.10. The Bertz CT molecular complexity index is 585. The summed E-state index contributed by atoms with van der Waals surface area (Å²) in [6.45, 7) is 1.87. The molecule has 1 N–H and O–H groups in total. The van der Waals surface area contributed by atoms with Crippen molar-refractivity contribution in [2.75, 3.05) is 5.32 Å². The van der Waals surface area contributed by atoms with Crippen LogP contribution in [0.25, 0.3) is 5.69 Å². The zero-order valence-electron chi connectivity index (χ0n) is 11.0. The van der Waals surface area contributed by atoms with Crippen molar-refractivity contribution in [3.8, 4) is 5.69 Å². The Kier molecular flexibility index (Phi) is 3.07. The molecular weight excluding hydrogens is 238 g/mol. The highest BCUT2D eigenvalue weighted by molar-refractivity contribution is 5.85. The molecular formula is C15H17N3O. The lowest BCUT2D eigenvalue weighted by atomic mass is 9.93. The van der Waals surface area contributed by atoms with Gasteiger partial charge in [0, 0.05) is 6.04 Å². The lowest BCUT2D eigenvalue weighted by Gasteiger charge is -2.27. The van der Waals surface area contributed by atoms with Crippen LogP contribution in [-0.2, 0) is 0 Å². The molecule has 1 heterocycles. The molecule has 0 spiro atoms. The Morgan fingerprint density at radius 1 is 1.32 bits per heavy atom. The maximum absolute atomic E-state index is 11.3. The number of aryl methyl sites for hydroxylation is 1. The summed E-state index contributed by atoms with van der Waals surface area (Å²) in [6.07, 6.45) is 4.48. The normalized spacial score (nSPS) is 15.0. The number of benzene rings is 1. The summed E-state index contributed by atoms with van der Waals surface area (Å²) < 4.78 is 1.83. The first-order chi connectivity index (χ1) is 9.29. The molecule has 3 rings (SSSR count). The Labute approximate surface area is 112 Å². The molecule has 0 atom stereocenters. The highest BCUT2D eigenvalue weighted by Crippen LogP contribution is 2.28. The van der Waals surface area contributed by atoms with Crippen molar-refractivity contribution in [1.82, 2.24) is 9.78 Å². The minimum Gasteiger partial charge on any atom is -0.367 e. The van der Waals surface area contributed by atoms with Gasteiger partial charge < -0.3 is 5.32 Å². The number of nitrogens with zero attached hydrogens (tertiary/aromatic N) is 2. The van der Waals surface area contributed by atoms with Crippen LogP contribution >= 0.6 is 0 Å². The average Bonchev–Trinajstić information content (AvgIpc) is 2.71. The number of aldehydes is 1. The van der Waals surface area contributed by atoms with E-state index in [4.69, 9.17) is 0 Å². The van der Waals surface area contributed by atoms with Gasteiger partial charge in [-0.2, -0.15) is 5.10 Å². The van der Waals surface area contributed by atoms with Gasteiger partial charge in [0.15, 0.2) is 6.29 Å². The molecule has 1 saturated carbocycles. The standard InChI is InChI=1S/C15H17N3O/c1-11-14(10-19)15(16-12-6-5-7-12)18(17-11)13-8-3-2-4-9-13/h2-4,8-10,12,16H,5-7H2,1H3. The summed E-state index contributed by atoms with van der Waals surface area (Å²) >= 11 is 0. The third-order valence-electron chi connectivity index (χ3n) is 3.67. The van der Waals surface area contributed by atoms with Crippen molar-refractivity contribution in [2.45, 2.75) is 32.2 Å². The molecule has 1 aromatic heterocycles. The maximum Gasteiger partial charge on any atom is 0.155 e. The summed E-state index contributed by atoms with van der Waals surface area (Å²) in [6, 6.07) is 10.4. The fourth-order valence-corrected chi connectivity index (χ4v) is 2.32. The Morgan fingerprint density at radius 2 is 2.05 bits per heavy atom. The molecule has 0 radical (unpaired) electrons. The molecule has 1 aliphatic carbocycles. The molecule has 4 heteroatoms. The van der Waals surface area contributed by atoms with E-state index in [0.29, 0.717) is 11.6 Å². The van der Waals surface area contributed by atoms with E-state index >= 15 is 0 Å². The first kappa shape index (κ1) is 12.0. The molecule has 0 unspecified atom stereocenters. The minimum absolute atomic E-state index is 0.470. The third kappa shape index (κ3) is 2.14. The fraction of sp³-hybridized carbons (Fsp3) is 0.333. The molecule has 2 aromatic rings. The quantitative estimate of drug-likeness (QED) is 0.854. The molecule has 0 saturated heterocycles. The molecule has 0 amide bonds. The van der Waals surface area contributed by atoms with Crippen LogP contribution in [0.15, 0.2) is 30.3 Å². The second kappa shape index (κ2) is 4.88. The lowest BCUT2D eigenvalue weighted by molar-refractivity contribution is 0.112. The van der Waals surface area contributed by atoms with Gasteiger partial charge in [0.25, 0.3) is 0 Å². The number of aromatic nitrogens is 2. The van der Waals surface area contributed by atoms with Crippen LogP contribution < -0.4 is 5.32 Å². The van der Waals surface area contributed by atoms with Gasteiger partial charge >= 0.3 is 0 Å². The molecule has 0 aliphatic heterocycles. The van der Waals surface area contributed by atoms with Crippen molar-refractivity contribution in [3.63, 3.8) is 0 Å². The van der Waals surface area contributed by atoms with Gasteiger partial charge in [0.2, 0.25) is 0 Å². The summed E-state index contributed by atoms with van der Waals surface area (Å²) in [5.74, 6) is 0.823. The predicted octanol–water partition coefficient (Wildman–Crippen LogP) is 2.96. The predicted molar refractivity (Wildman–Crippen MR) is 75.0 cm³/mol. The van der Waals surface area contributed by atoms with E-state index in [2.05, 4.69) is 10.4 Å². The number of para-hydroxylation sites is 1. The number of nitrogens with one attached hydrogen (secondary N) is 1. The maximum atomic E-state index is 11.3. The molecule has 98 valence electrons. The summed E-state index contributed by atoms with van der Waals surface area (Å²) in [4.78, 5) is 11.3. The van der Waals surface area contributed by atoms with Crippen LogP contribution in [-0.4, -0.2) is 22.1 Å². The smallest absolute Gasteiger partial charge is 0.155 e.